The fourth-order valence-corrected chi connectivity index (χ4v) is 5.10. The molecule has 2 aromatic carbocycles. The quantitative estimate of drug-likeness (QED) is 0.423. The number of methoxy groups -OCH3 is 1. The van der Waals surface area contributed by atoms with Crippen molar-refractivity contribution in [1.82, 2.24) is 10.2 Å². The van der Waals surface area contributed by atoms with E-state index < -0.39 is 23.2 Å². The van der Waals surface area contributed by atoms with Gasteiger partial charge in [-0.05, 0) is 41.8 Å². The van der Waals surface area contributed by atoms with E-state index in [-0.39, 0.29) is 22.3 Å². The predicted molar refractivity (Wildman–Crippen MR) is 123 cm³/mol. The van der Waals surface area contributed by atoms with Gasteiger partial charge in [0, 0.05) is 6.42 Å². The van der Waals surface area contributed by atoms with Crippen LogP contribution < -0.4 is 15.1 Å². The zero-order valence-electron chi connectivity index (χ0n) is 18.2. The fraction of sp³-hybridized carbons (Fsp3) is 0.250. The molecule has 1 atom stereocenters. The number of hydrogen-bond acceptors (Lipinski definition) is 7. The number of fused-ring (bicyclic) bond motifs is 2. The third-order valence-corrected chi connectivity index (χ3v) is 6.45. The number of aromatic nitrogens is 2. The molecule has 0 bridgehead atoms. The summed E-state index contributed by atoms with van der Waals surface area (Å²) in [4.78, 5) is 28.5. The van der Waals surface area contributed by atoms with Crippen molar-refractivity contribution in [3.8, 4) is 5.75 Å². The minimum atomic E-state index is -0.790. The zero-order chi connectivity index (χ0) is 23.3. The standard InChI is InChI=1S/C24H20FN3O4S/c1-12(2)10-18-26-27-24(33-18)28-20(13-4-7-15(31-3)8-5-13)19-21(29)16-11-14(25)6-9-17(16)32-22(19)23(28)30/h4-9,11-12,20H,10H2,1-3H3/t20-/m0/s1. The van der Waals surface area contributed by atoms with E-state index in [1.807, 2.05) is 0 Å². The molecule has 0 radical (unpaired) electrons. The molecular formula is C24H20FN3O4S. The summed E-state index contributed by atoms with van der Waals surface area (Å²) in [6.07, 6.45) is 0.722. The van der Waals surface area contributed by atoms with Gasteiger partial charge in [0.15, 0.2) is 5.43 Å². The van der Waals surface area contributed by atoms with Crippen molar-refractivity contribution in [2.24, 2.45) is 5.92 Å². The minimum Gasteiger partial charge on any atom is -0.497 e. The molecule has 0 fully saturated rings. The maximum Gasteiger partial charge on any atom is 0.297 e. The molecule has 33 heavy (non-hydrogen) atoms. The molecule has 168 valence electrons. The number of carbonyl (C=O) groups is 1. The van der Waals surface area contributed by atoms with Crippen LogP contribution in [0.15, 0.2) is 51.7 Å². The summed E-state index contributed by atoms with van der Waals surface area (Å²) in [5, 5.41) is 9.74. The lowest BCUT2D eigenvalue weighted by molar-refractivity contribution is 0.0970. The van der Waals surface area contributed by atoms with Gasteiger partial charge in [-0.3, -0.25) is 14.5 Å². The van der Waals surface area contributed by atoms with Crippen LogP contribution >= 0.6 is 11.3 Å². The number of anilines is 1. The summed E-state index contributed by atoms with van der Waals surface area (Å²) in [5.74, 6) is -0.1000. The number of ether oxygens (including phenoxy) is 1. The number of rotatable bonds is 5. The van der Waals surface area contributed by atoms with E-state index in [4.69, 9.17) is 9.15 Å². The number of hydrogen-bond donors (Lipinski definition) is 0. The van der Waals surface area contributed by atoms with E-state index in [1.54, 1.807) is 31.4 Å². The maximum atomic E-state index is 13.9. The maximum absolute atomic E-state index is 13.9. The number of halogens is 1. The van der Waals surface area contributed by atoms with Crippen molar-refractivity contribution >= 4 is 33.3 Å². The van der Waals surface area contributed by atoms with Crippen LogP contribution in [0.1, 0.15) is 46.6 Å². The topological polar surface area (TPSA) is 85.5 Å². The Balaban J connectivity index is 1.73. The van der Waals surface area contributed by atoms with Crippen LogP contribution in [-0.2, 0) is 6.42 Å². The second-order valence-electron chi connectivity index (χ2n) is 8.24. The van der Waals surface area contributed by atoms with Crippen molar-refractivity contribution in [2.45, 2.75) is 26.3 Å². The highest BCUT2D eigenvalue weighted by molar-refractivity contribution is 7.15. The Morgan fingerprint density at radius 2 is 1.91 bits per heavy atom. The average Bonchev–Trinajstić information content (AvgIpc) is 3.36. The van der Waals surface area contributed by atoms with Gasteiger partial charge in [-0.15, -0.1) is 10.2 Å². The molecule has 0 saturated carbocycles. The van der Waals surface area contributed by atoms with E-state index in [0.29, 0.717) is 22.4 Å². The summed E-state index contributed by atoms with van der Waals surface area (Å²) in [5.41, 5.74) is 0.534. The van der Waals surface area contributed by atoms with E-state index >= 15 is 0 Å². The molecule has 0 saturated heterocycles. The first-order valence-electron chi connectivity index (χ1n) is 10.4. The summed E-state index contributed by atoms with van der Waals surface area (Å²) in [7, 11) is 1.56. The van der Waals surface area contributed by atoms with Crippen LogP contribution in [0.4, 0.5) is 9.52 Å². The summed E-state index contributed by atoms with van der Waals surface area (Å²) in [6.45, 7) is 4.15. The van der Waals surface area contributed by atoms with Crippen LogP contribution in [0.3, 0.4) is 0 Å². The Morgan fingerprint density at radius 3 is 2.61 bits per heavy atom. The lowest BCUT2D eigenvalue weighted by Gasteiger charge is -2.22. The fourth-order valence-electron chi connectivity index (χ4n) is 4.02. The first-order valence-corrected chi connectivity index (χ1v) is 11.2. The van der Waals surface area contributed by atoms with E-state index in [0.717, 1.165) is 17.5 Å². The zero-order valence-corrected chi connectivity index (χ0v) is 19.0. The molecule has 5 rings (SSSR count). The van der Waals surface area contributed by atoms with Crippen LogP contribution in [0.2, 0.25) is 0 Å². The molecule has 3 heterocycles. The SMILES string of the molecule is COc1ccc([C@H]2c3c(oc4ccc(F)cc4c3=O)C(=O)N2c2nnc(CC(C)C)s2)cc1. The predicted octanol–water partition coefficient (Wildman–Crippen LogP) is 4.74. The number of nitrogens with zero attached hydrogens (tertiary/aromatic N) is 3. The minimum absolute atomic E-state index is 0.0689. The van der Waals surface area contributed by atoms with Crippen molar-refractivity contribution in [2.75, 3.05) is 12.0 Å². The van der Waals surface area contributed by atoms with Crippen molar-refractivity contribution in [3.63, 3.8) is 0 Å². The van der Waals surface area contributed by atoms with E-state index in [2.05, 4.69) is 24.0 Å². The summed E-state index contributed by atoms with van der Waals surface area (Å²) in [6, 6.07) is 9.96. The molecule has 1 aliphatic rings. The van der Waals surface area contributed by atoms with Crippen molar-refractivity contribution in [1.29, 1.82) is 0 Å². The highest BCUT2D eigenvalue weighted by Gasteiger charge is 2.45. The Morgan fingerprint density at radius 1 is 1.15 bits per heavy atom. The van der Waals surface area contributed by atoms with Gasteiger partial charge in [-0.25, -0.2) is 4.39 Å². The van der Waals surface area contributed by atoms with Crippen LogP contribution in [0.25, 0.3) is 11.0 Å². The van der Waals surface area contributed by atoms with Crippen molar-refractivity contribution < 1.29 is 18.3 Å². The second-order valence-corrected chi connectivity index (χ2v) is 9.28. The lowest BCUT2D eigenvalue weighted by Crippen LogP contribution is -2.29. The molecule has 0 aliphatic carbocycles. The third-order valence-electron chi connectivity index (χ3n) is 5.51. The Labute approximate surface area is 192 Å². The van der Waals surface area contributed by atoms with Gasteiger partial charge in [0.1, 0.15) is 22.2 Å². The second kappa shape index (κ2) is 8.08. The highest BCUT2D eigenvalue weighted by atomic mass is 32.1. The first kappa shape index (κ1) is 21.3. The summed E-state index contributed by atoms with van der Waals surface area (Å²) < 4.78 is 25.0. The molecule has 0 N–H and O–H groups in total. The Hall–Kier alpha value is -3.59. The van der Waals surface area contributed by atoms with Crippen LogP contribution in [0, 0.1) is 11.7 Å². The molecule has 1 aliphatic heterocycles. The van der Waals surface area contributed by atoms with Gasteiger partial charge in [-0.2, -0.15) is 0 Å². The molecule has 0 unspecified atom stereocenters. The molecular weight excluding hydrogens is 445 g/mol. The normalized spacial score (nSPS) is 15.5. The van der Waals surface area contributed by atoms with Crippen LogP contribution in [-0.4, -0.2) is 23.2 Å². The monoisotopic (exact) mass is 465 g/mol. The number of amides is 1. The third kappa shape index (κ3) is 3.58. The van der Waals surface area contributed by atoms with Gasteiger partial charge in [0.05, 0.1) is 24.1 Å². The number of carbonyl (C=O) groups excluding carboxylic acids is 1. The van der Waals surface area contributed by atoms with Gasteiger partial charge < -0.3 is 9.15 Å². The molecule has 4 aromatic rings. The molecule has 9 heteroatoms. The van der Waals surface area contributed by atoms with E-state index in [1.165, 1.54) is 28.4 Å². The number of benzene rings is 2. The van der Waals surface area contributed by atoms with Gasteiger partial charge in [-0.1, -0.05) is 37.3 Å². The van der Waals surface area contributed by atoms with Gasteiger partial charge in [0.2, 0.25) is 10.9 Å². The highest BCUT2D eigenvalue weighted by Crippen LogP contribution is 2.42. The Kier molecular flexibility index (Phi) is 5.20. The van der Waals surface area contributed by atoms with E-state index in [9.17, 15) is 14.0 Å². The largest absolute Gasteiger partial charge is 0.497 e. The van der Waals surface area contributed by atoms with Gasteiger partial charge in [0.25, 0.3) is 5.91 Å². The summed E-state index contributed by atoms with van der Waals surface area (Å²) >= 11 is 1.31. The molecule has 0 spiro atoms. The molecule has 2 aromatic heterocycles. The smallest absolute Gasteiger partial charge is 0.297 e. The molecule has 1 amide bonds. The lowest BCUT2D eigenvalue weighted by atomic mass is 9.98. The molecule has 7 nitrogen and oxygen atoms in total. The first-order chi connectivity index (χ1) is 15.9. The van der Waals surface area contributed by atoms with Gasteiger partial charge >= 0.3 is 0 Å². The Bertz CT molecular complexity index is 1430. The van der Waals surface area contributed by atoms with Crippen molar-refractivity contribution in [3.05, 3.63) is 80.4 Å². The average molecular weight is 466 g/mol. The van der Waals surface area contributed by atoms with Crippen LogP contribution in [0.5, 0.6) is 5.75 Å².